The van der Waals surface area contributed by atoms with Crippen molar-refractivity contribution >= 4 is 23.7 Å². The van der Waals surface area contributed by atoms with E-state index >= 15 is 0 Å². The highest BCUT2D eigenvalue weighted by Gasteiger charge is 2.21. The highest BCUT2D eigenvalue weighted by atomic mass is 31.1. The second kappa shape index (κ2) is 6.55. The fourth-order valence-corrected chi connectivity index (χ4v) is 0.530. The standard InChI is InChI=1S/C5H11O2P.H3O3P/c1-5(2,3)4(6)7-8;1-4(2)3/h8H2,1-3H3;4H,(H2,1,2,3). The summed E-state index contributed by atoms with van der Waals surface area (Å²) in [6.07, 6.45) is 0. The third kappa shape index (κ3) is 12.7. The zero-order chi connectivity index (χ0) is 10.4. The molecule has 0 aromatic rings. The molecule has 0 fully saturated rings. The average Bonchev–Trinajstić information content (AvgIpc) is 1.82. The first-order valence-corrected chi connectivity index (χ1v) is 4.82. The van der Waals surface area contributed by atoms with Crippen LogP contribution in [0.15, 0.2) is 0 Å². The highest BCUT2D eigenvalue weighted by Crippen LogP contribution is 2.16. The van der Waals surface area contributed by atoms with Crippen molar-refractivity contribution in [2.75, 3.05) is 0 Å². The minimum absolute atomic E-state index is 0.206. The van der Waals surface area contributed by atoms with Crippen LogP contribution in [0.1, 0.15) is 20.8 Å². The van der Waals surface area contributed by atoms with E-state index in [0.717, 1.165) is 0 Å². The van der Waals surface area contributed by atoms with Gasteiger partial charge in [0.25, 0.3) is 0 Å². The van der Waals surface area contributed by atoms with Gasteiger partial charge in [0.15, 0.2) is 0 Å². The Kier molecular flexibility index (Phi) is 7.96. The van der Waals surface area contributed by atoms with Crippen LogP contribution in [-0.2, 0) is 13.9 Å². The van der Waals surface area contributed by atoms with E-state index in [4.69, 9.17) is 14.4 Å². The van der Waals surface area contributed by atoms with Gasteiger partial charge in [0.1, 0.15) is 0 Å². The molecule has 74 valence electrons. The molecular formula is C5H14O5P2. The Morgan fingerprint density at radius 2 is 1.67 bits per heavy atom. The predicted octanol–water partition coefficient (Wildman–Crippen LogP) is 0.726. The van der Waals surface area contributed by atoms with Gasteiger partial charge in [-0.3, -0.25) is 9.36 Å². The van der Waals surface area contributed by atoms with E-state index in [1.54, 1.807) is 20.8 Å². The van der Waals surface area contributed by atoms with Gasteiger partial charge >= 0.3 is 14.2 Å². The van der Waals surface area contributed by atoms with Gasteiger partial charge in [0.2, 0.25) is 0 Å². The monoisotopic (exact) mass is 216 g/mol. The molecule has 5 nitrogen and oxygen atoms in total. The van der Waals surface area contributed by atoms with E-state index in [0.29, 0.717) is 0 Å². The minimum atomic E-state index is -3.13. The summed E-state index contributed by atoms with van der Waals surface area (Å²) >= 11 is 0. The molecule has 0 aromatic heterocycles. The number of hydrogen-bond acceptors (Lipinski definition) is 3. The van der Waals surface area contributed by atoms with Crippen LogP contribution in [-0.4, -0.2) is 15.8 Å². The molecular weight excluding hydrogens is 202 g/mol. The molecule has 0 radical (unpaired) electrons. The van der Waals surface area contributed by atoms with Crippen LogP contribution in [0.25, 0.3) is 0 Å². The van der Waals surface area contributed by atoms with Crippen LogP contribution in [0.5, 0.6) is 0 Å². The number of rotatable bonds is 0. The van der Waals surface area contributed by atoms with Crippen LogP contribution >= 0.6 is 17.7 Å². The molecule has 1 atom stereocenters. The normalized spacial score (nSPS) is 10.2. The predicted molar refractivity (Wildman–Crippen MR) is 48.7 cm³/mol. The zero-order valence-corrected chi connectivity index (χ0v) is 9.35. The Balaban J connectivity index is 0. The van der Waals surface area contributed by atoms with Crippen molar-refractivity contribution in [1.29, 1.82) is 0 Å². The van der Waals surface area contributed by atoms with Gasteiger partial charge in [-0.05, 0) is 20.8 Å². The van der Waals surface area contributed by atoms with Gasteiger partial charge in [-0.25, -0.2) is 0 Å². The quantitative estimate of drug-likeness (QED) is 0.583. The molecule has 0 amide bonds. The molecule has 0 rings (SSSR count). The number of carbonyl (C=O) groups is 1. The molecule has 0 saturated carbocycles. The average molecular weight is 216 g/mol. The lowest BCUT2D eigenvalue weighted by atomic mass is 9.98. The SMILES string of the molecule is CC(C)(C)C(=O)OP.O=[PH](O)O. The summed E-state index contributed by atoms with van der Waals surface area (Å²) in [6, 6.07) is 0. The molecule has 0 aliphatic heterocycles. The molecule has 7 heteroatoms. The lowest BCUT2D eigenvalue weighted by Crippen LogP contribution is -2.19. The summed E-state index contributed by atoms with van der Waals surface area (Å²) in [5.41, 5.74) is -0.373. The summed E-state index contributed by atoms with van der Waals surface area (Å²) in [7, 11) is -1.20. The molecule has 0 bridgehead atoms. The van der Waals surface area contributed by atoms with E-state index in [9.17, 15) is 4.79 Å². The van der Waals surface area contributed by atoms with Gasteiger partial charge in [-0.15, -0.1) is 0 Å². The van der Waals surface area contributed by atoms with E-state index in [1.807, 2.05) is 9.47 Å². The molecule has 0 spiro atoms. The molecule has 12 heavy (non-hydrogen) atoms. The van der Waals surface area contributed by atoms with Crippen LogP contribution in [0.2, 0.25) is 0 Å². The first-order chi connectivity index (χ1) is 5.21. The molecule has 0 aliphatic carbocycles. The van der Waals surface area contributed by atoms with Crippen molar-refractivity contribution in [1.82, 2.24) is 0 Å². The van der Waals surface area contributed by atoms with E-state index in [2.05, 4.69) is 4.52 Å². The topological polar surface area (TPSA) is 83.8 Å². The summed E-state index contributed by atoms with van der Waals surface area (Å²) in [5.74, 6) is -0.206. The van der Waals surface area contributed by atoms with Gasteiger partial charge in [0, 0.05) is 0 Å². The Hall–Kier alpha value is 0.0500. The first-order valence-electron chi connectivity index (χ1n) is 3.05. The van der Waals surface area contributed by atoms with Crippen molar-refractivity contribution < 1.29 is 23.7 Å². The maximum atomic E-state index is 10.6. The smallest absolute Gasteiger partial charge is 0.314 e. The molecule has 0 saturated heterocycles. The molecule has 0 heterocycles. The van der Waals surface area contributed by atoms with E-state index < -0.39 is 8.25 Å². The molecule has 1 unspecified atom stereocenters. The van der Waals surface area contributed by atoms with Crippen molar-refractivity contribution in [3.05, 3.63) is 0 Å². The maximum Gasteiger partial charge on any atom is 0.314 e. The van der Waals surface area contributed by atoms with Crippen molar-refractivity contribution in [3.8, 4) is 0 Å². The van der Waals surface area contributed by atoms with Gasteiger partial charge in [0.05, 0.1) is 14.9 Å². The number of hydrogen-bond donors (Lipinski definition) is 2. The van der Waals surface area contributed by atoms with Crippen LogP contribution < -0.4 is 0 Å². The van der Waals surface area contributed by atoms with Gasteiger partial charge in [-0.2, -0.15) is 0 Å². The second-order valence-electron chi connectivity index (χ2n) is 2.94. The highest BCUT2D eigenvalue weighted by molar-refractivity contribution is 7.30. The molecule has 0 aromatic carbocycles. The second-order valence-corrected chi connectivity index (χ2v) is 3.74. The van der Waals surface area contributed by atoms with Crippen LogP contribution in [0.3, 0.4) is 0 Å². The summed E-state index contributed by atoms with van der Waals surface area (Å²) in [6.45, 7) is 5.41. The van der Waals surface area contributed by atoms with E-state index in [-0.39, 0.29) is 11.4 Å². The van der Waals surface area contributed by atoms with Gasteiger partial charge < -0.3 is 14.3 Å². The summed E-state index contributed by atoms with van der Waals surface area (Å²) < 4.78 is 13.1. The Bertz CT molecular complexity index is 158. The third-order valence-corrected chi connectivity index (χ3v) is 0.933. The van der Waals surface area contributed by atoms with Gasteiger partial charge in [-0.1, -0.05) is 0 Å². The summed E-state index contributed by atoms with van der Waals surface area (Å²) in [4.78, 5) is 24.9. The first kappa shape index (κ1) is 14.6. The summed E-state index contributed by atoms with van der Waals surface area (Å²) in [5, 5.41) is 0. The largest absolute Gasteiger partial charge is 0.451 e. The van der Waals surface area contributed by atoms with Crippen molar-refractivity contribution in [2.45, 2.75) is 20.8 Å². The zero-order valence-electron chi connectivity index (χ0n) is 7.20. The van der Waals surface area contributed by atoms with E-state index in [1.165, 1.54) is 0 Å². The third-order valence-electron chi connectivity index (χ3n) is 0.719. The number of carbonyl (C=O) groups excluding carboxylic acids is 1. The Labute approximate surface area is 74.4 Å². The molecule has 0 aliphatic rings. The lowest BCUT2D eigenvalue weighted by molar-refractivity contribution is -0.141. The van der Waals surface area contributed by atoms with Crippen LogP contribution in [0, 0.1) is 5.41 Å². The fourth-order valence-electron chi connectivity index (χ4n) is 0.177. The van der Waals surface area contributed by atoms with Crippen LogP contribution in [0.4, 0.5) is 0 Å². The Morgan fingerprint density at radius 1 is 1.42 bits per heavy atom. The maximum absolute atomic E-state index is 10.6. The Morgan fingerprint density at radius 3 is 1.67 bits per heavy atom. The lowest BCUT2D eigenvalue weighted by Gasteiger charge is -2.12. The van der Waals surface area contributed by atoms with Crippen molar-refractivity contribution in [2.24, 2.45) is 5.41 Å². The molecule has 2 N–H and O–H groups in total. The fraction of sp³-hybridized carbons (Fsp3) is 0.800. The minimum Gasteiger partial charge on any atom is -0.451 e. The van der Waals surface area contributed by atoms with Crippen molar-refractivity contribution in [3.63, 3.8) is 0 Å².